The van der Waals surface area contributed by atoms with Gasteiger partial charge in [-0.3, -0.25) is 9.69 Å². The van der Waals surface area contributed by atoms with E-state index in [1.54, 1.807) is 11.3 Å². The summed E-state index contributed by atoms with van der Waals surface area (Å²) in [6.45, 7) is 3.90. The molecule has 0 spiro atoms. The van der Waals surface area contributed by atoms with Crippen LogP contribution >= 0.6 is 11.3 Å². The van der Waals surface area contributed by atoms with Crippen LogP contribution in [-0.4, -0.2) is 35.5 Å². The highest BCUT2D eigenvalue weighted by atomic mass is 32.1. The van der Waals surface area contributed by atoms with Gasteiger partial charge in [0.15, 0.2) is 0 Å². The number of benzene rings is 1. The van der Waals surface area contributed by atoms with Gasteiger partial charge in [0.05, 0.1) is 12.0 Å². The predicted octanol–water partition coefficient (Wildman–Crippen LogP) is 4.82. The second-order valence-electron chi connectivity index (χ2n) is 7.44. The van der Waals surface area contributed by atoms with Crippen molar-refractivity contribution in [1.29, 1.82) is 0 Å². The van der Waals surface area contributed by atoms with Gasteiger partial charge in [0, 0.05) is 6.54 Å². The van der Waals surface area contributed by atoms with E-state index in [2.05, 4.69) is 9.88 Å². The Morgan fingerprint density at radius 1 is 1.27 bits per heavy atom. The largest absolute Gasteiger partial charge is 0.487 e. The van der Waals surface area contributed by atoms with Gasteiger partial charge in [-0.25, -0.2) is 4.98 Å². The fraction of sp³-hybridized carbons (Fsp3) is 0.391. The van der Waals surface area contributed by atoms with Crippen LogP contribution in [0.3, 0.4) is 0 Å². The zero-order valence-corrected chi connectivity index (χ0v) is 18.1. The van der Waals surface area contributed by atoms with Crippen molar-refractivity contribution in [3.8, 4) is 16.5 Å². The number of hydrogen-bond donors (Lipinski definition) is 0. The number of thiophene rings is 1. The molecule has 1 aliphatic heterocycles. The average molecular weight is 427 g/mol. The van der Waals surface area contributed by atoms with E-state index in [-0.39, 0.29) is 12.0 Å². The minimum absolute atomic E-state index is 0.139. The van der Waals surface area contributed by atoms with E-state index in [1.165, 1.54) is 7.11 Å². The lowest BCUT2D eigenvalue weighted by molar-refractivity contribution is -0.148. The highest BCUT2D eigenvalue weighted by Gasteiger charge is 2.29. The molecule has 3 aromatic rings. The summed E-state index contributed by atoms with van der Waals surface area (Å²) in [5, 5.41) is 2.00. The molecule has 0 aliphatic carbocycles. The van der Waals surface area contributed by atoms with Crippen molar-refractivity contribution >= 4 is 17.3 Å². The first-order valence-corrected chi connectivity index (χ1v) is 11.1. The summed E-state index contributed by atoms with van der Waals surface area (Å²) in [4.78, 5) is 19.8. The Kier molecular flexibility index (Phi) is 6.50. The maximum absolute atomic E-state index is 12.0. The highest BCUT2D eigenvalue weighted by molar-refractivity contribution is 7.13. The van der Waals surface area contributed by atoms with Crippen LogP contribution in [0.2, 0.25) is 0 Å². The number of rotatable bonds is 7. The predicted molar refractivity (Wildman–Crippen MR) is 115 cm³/mol. The number of aromatic nitrogens is 1. The third-order valence-electron chi connectivity index (χ3n) is 5.40. The van der Waals surface area contributed by atoms with E-state index in [0.717, 1.165) is 60.0 Å². The van der Waals surface area contributed by atoms with E-state index in [1.807, 2.05) is 48.7 Å². The monoisotopic (exact) mass is 426 g/mol. The molecule has 0 bridgehead atoms. The summed E-state index contributed by atoms with van der Waals surface area (Å²) in [6, 6.07) is 11.8. The number of ether oxygens (including phenoxy) is 2. The molecule has 158 valence electrons. The standard InChI is InChI=1S/C23H26N2O4S/c1-16-19(24-22(29-16)21-7-5-13-30-21)15-28-18-10-8-17(9-11-18)14-25-12-4-3-6-20(25)23(26)27-2/h5,7-11,13,20H,3-4,6,12,14-15H2,1-2H3. The van der Waals surface area contributed by atoms with Crippen molar-refractivity contribution in [3.05, 3.63) is 58.8 Å². The fourth-order valence-electron chi connectivity index (χ4n) is 3.73. The van der Waals surface area contributed by atoms with Gasteiger partial charge in [-0.15, -0.1) is 11.3 Å². The number of oxazole rings is 1. The topological polar surface area (TPSA) is 64.8 Å². The van der Waals surface area contributed by atoms with Crippen molar-refractivity contribution in [2.24, 2.45) is 0 Å². The maximum Gasteiger partial charge on any atom is 0.323 e. The number of carbonyl (C=O) groups excluding carboxylic acids is 1. The van der Waals surface area contributed by atoms with Crippen molar-refractivity contribution < 1.29 is 18.7 Å². The third-order valence-corrected chi connectivity index (χ3v) is 6.25. The molecule has 6 nitrogen and oxygen atoms in total. The SMILES string of the molecule is COC(=O)C1CCCCN1Cc1ccc(OCc2nc(-c3cccs3)oc2C)cc1. The average Bonchev–Trinajstić information content (AvgIpc) is 3.43. The molecule has 4 rings (SSSR count). The minimum atomic E-state index is -0.146. The number of piperidine rings is 1. The molecule has 30 heavy (non-hydrogen) atoms. The van der Waals surface area contributed by atoms with Crippen LogP contribution in [0.1, 0.15) is 36.3 Å². The van der Waals surface area contributed by atoms with E-state index >= 15 is 0 Å². The summed E-state index contributed by atoms with van der Waals surface area (Å²) in [5.74, 6) is 2.05. The molecule has 0 amide bonds. The van der Waals surface area contributed by atoms with Crippen LogP contribution in [0.15, 0.2) is 46.2 Å². The molecule has 1 unspecified atom stereocenters. The van der Waals surface area contributed by atoms with Crippen molar-refractivity contribution in [2.45, 2.75) is 45.4 Å². The first kappa shape index (κ1) is 20.6. The van der Waals surface area contributed by atoms with Gasteiger partial charge in [-0.05, 0) is 55.5 Å². The lowest BCUT2D eigenvalue weighted by atomic mass is 10.0. The van der Waals surface area contributed by atoms with Crippen molar-refractivity contribution in [1.82, 2.24) is 9.88 Å². The molecule has 0 N–H and O–H groups in total. The number of hydrogen-bond acceptors (Lipinski definition) is 7. The number of nitrogens with zero attached hydrogens (tertiary/aromatic N) is 2. The number of likely N-dealkylation sites (tertiary alicyclic amines) is 1. The van der Waals surface area contributed by atoms with Crippen LogP contribution in [0.25, 0.3) is 10.8 Å². The summed E-state index contributed by atoms with van der Waals surface area (Å²) in [5.41, 5.74) is 1.95. The van der Waals surface area contributed by atoms with Crippen LogP contribution in [0, 0.1) is 6.92 Å². The Hall–Kier alpha value is -2.64. The molecule has 2 aromatic heterocycles. The molecule has 0 saturated carbocycles. The van der Waals surface area contributed by atoms with Gasteiger partial charge in [0.25, 0.3) is 0 Å². The van der Waals surface area contributed by atoms with Crippen LogP contribution in [-0.2, 0) is 22.7 Å². The first-order valence-electron chi connectivity index (χ1n) is 10.2. The van der Waals surface area contributed by atoms with Crippen LogP contribution < -0.4 is 4.74 Å². The van der Waals surface area contributed by atoms with Crippen molar-refractivity contribution in [3.63, 3.8) is 0 Å². The molecular weight excluding hydrogens is 400 g/mol. The van der Waals surface area contributed by atoms with E-state index in [0.29, 0.717) is 12.5 Å². The van der Waals surface area contributed by atoms with E-state index in [9.17, 15) is 4.79 Å². The molecule has 1 saturated heterocycles. The highest BCUT2D eigenvalue weighted by Crippen LogP contribution is 2.27. The molecule has 1 atom stereocenters. The van der Waals surface area contributed by atoms with Gasteiger partial charge >= 0.3 is 5.97 Å². The molecule has 1 aliphatic rings. The van der Waals surface area contributed by atoms with Gasteiger partial charge in [-0.1, -0.05) is 24.6 Å². The fourth-order valence-corrected chi connectivity index (χ4v) is 4.38. The summed E-state index contributed by atoms with van der Waals surface area (Å²) < 4.78 is 16.7. The minimum Gasteiger partial charge on any atom is -0.487 e. The van der Waals surface area contributed by atoms with Gasteiger partial charge in [-0.2, -0.15) is 0 Å². The molecule has 0 radical (unpaired) electrons. The molecular formula is C23H26N2O4S. The molecule has 7 heteroatoms. The molecule has 1 aromatic carbocycles. The molecule has 3 heterocycles. The Balaban J connectivity index is 1.35. The number of methoxy groups -OCH3 is 1. The number of carbonyl (C=O) groups is 1. The summed E-state index contributed by atoms with van der Waals surface area (Å²) in [6.07, 6.45) is 3.04. The smallest absolute Gasteiger partial charge is 0.323 e. The van der Waals surface area contributed by atoms with E-state index < -0.39 is 0 Å². The zero-order valence-electron chi connectivity index (χ0n) is 17.3. The van der Waals surface area contributed by atoms with Crippen LogP contribution in [0.4, 0.5) is 0 Å². The lowest BCUT2D eigenvalue weighted by Crippen LogP contribution is -2.44. The first-order chi connectivity index (χ1) is 14.6. The lowest BCUT2D eigenvalue weighted by Gasteiger charge is -2.33. The summed E-state index contributed by atoms with van der Waals surface area (Å²) in [7, 11) is 1.46. The zero-order chi connectivity index (χ0) is 20.9. The Morgan fingerprint density at radius 3 is 2.83 bits per heavy atom. The maximum atomic E-state index is 12.0. The van der Waals surface area contributed by atoms with Crippen molar-refractivity contribution in [2.75, 3.05) is 13.7 Å². The van der Waals surface area contributed by atoms with Gasteiger partial charge in [0.2, 0.25) is 5.89 Å². The Morgan fingerprint density at radius 2 is 2.10 bits per heavy atom. The second kappa shape index (κ2) is 9.45. The number of aryl methyl sites for hydroxylation is 1. The number of esters is 1. The Bertz CT molecular complexity index is 966. The second-order valence-corrected chi connectivity index (χ2v) is 8.38. The van der Waals surface area contributed by atoms with Gasteiger partial charge < -0.3 is 13.9 Å². The summed E-state index contributed by atoms with van der Waals surface area (Å²) >= 11 is 1.60. The van der Waals surface area contributed by atoms with E-state index in [4.69, 9.17) is 13.9 Å². The normalized spacial score (nSPS) is 17.1. The quantitative estimate of drug-likeness (QED) is 0.505. The third kappa shape index (κ3) is 4.74. The van der Waals surface area contributed by atoms with Gasteiger partial charge in [0.1, 0.15) is 29.9 Å². The van der Waals surface area contributed by atoms with Crippen LogP contribution in [0.5, 0.6) is 5.75 Å². The molecule has 1 fully saturated rings. The Labute approximate surface area is 180 Å².